The van der Waals surface area contributed by atoms with Crippen molar-refractivity contribution in [1.29, 1.82) is 15.8 Å². The van der Waals surface area contributed by atoms with Gasteiger partial charge in [-0.15, -0.1) is 22.7 Å². The summed E-state index contributed by atoms with van der Waals surface area (Å²) in [6, 6.07) is 23.3. The van der Waals surface area contributed by atoms with Gasteiger partial charge in [0.2, 0.25) is 19.7 Å². The normalized spacial score (nSPS) is 21.4. The Kier molecular flexibility index (Phi) is 7.12. The first kappa shape index (κ1) is 31.4. The maximum absolute atomic E-state index is 13.8. The van der Waals surface area contributed by atoms with E-state index in [4.69, 9.17) is 0 Å². The maximum atomic E-state index is 13.8. The molecule has 0 saturated heterocycles. The molecule has 4 aromatic rings. The second-order valence-corrected chi connectivity index (χ2v) is 18.5. The molecule has 49 heavy (non-hydrogen) atoms. The molecular formula is C38H25N3O4S4. The molecule has 0 unspecified atom stereocenters. The second-order valence-electron chi connectivity index (χ2n) is 12.5. The highest BCUT2D eigenvalue weighted by atomic mass is 32.2. The molecule has 11 heteroatoms. The minimum Gasteiger partial charge on any atom is -0.218 e. The number of nitriles is 3. The van der Waals surface area contributed by atoms with Gasteiger partial charge >= 0.3 is 0 Å². The molecule has 240 valence electrons. The average Bonchev–Trinajstić information content (AvgIpc) is 3.87. The van der Waals surface area contributed by atoms with Gasteiger partial charge in [-0.2, -0.15) is 15.8 Å². The Labute approximate surface area is 292 Å². The van der Waals surface area contributed by atoms with Gasteiger partial charge in [-0.3, -0.25) is 0 Å². The summed E-state index contributed by atoms with van der Waals surface area (Å²) in [4.78, 5) is 3.89. The summed E-state index contributed by atoms with van der Waals surface area (Å²) in [5.41, 5.74) is 3.54. The van der Waals surface area contributed by atoms with Gasteiger partial charge in [0.05, 0.1) is 25.7 Å². The topological polar surface area (TPSA) is 140 Å². The smallest absolute Gasteiger partial charge is 0.207 e. The van der Waals surface area contributed by atoms with E-state index >= 15 is 0 Å². The van der Waals surface area contributed by atoms with E-state index in [1.54, 1.807) is 61.5 Å². The van der Waals surface area contributed by atoms with Gasteiger partial charge < -0.3 is 0 Å². The standard InChI is InChI=1S/C38H25N3O4S4/c1-22(19-39)34-26-9-3-5-11-30(26)48(42,43)32(34)17-24-15-28-36(46-24)37-29(38(28)13-7-2-8-14-38)16-25(47-37)18-33-35(23(20-40)21-41)27-10-4-6-12-31(27)49(33,44)45/h3-6,9-12,15-18H,2,7-8,13-14H2,1H3/b32-17-,33-18-,34-22?. The number of thiophene rings is 2. The summed E-state index contributed by atoms with van der Waals surface area (Å²) in [6.45, 7) is 1.64. The molecule has 2 aliphatic carbocycles. The van der Waals surface area contributed by atoms with Crippen LogP contribution in [-0.4, -0.2) is 16.8 Å². The van der Waals surface area contributed by atoms with Crippen LogP contribution in [0.15, 0.2) is 91.4 Å². The summed E-state index contributed by atoms with van der Waals surface area (Å²) >= 11 is 2.98. The number of sulfone groups is 2. The van der Waals surface area contributed by atoms with E-state index in [0.717, 1.165) is 57.9 Å². The molecular weight excluding hydrogens is 691 g/mol. The Morgan fingerprint density at radius 1 is 0.694 bits per heavy atom. The van der Waals surface area contributed by atoms with Crippen LogP contribution in [0, 0.1) is 34.0 Å². The highest BCUT2D eigenvalue weighted by Crippen LogP contribution is 2.61. The lowest BCUT2D eigenvalue weighted by molar-refractivity contribution is 0.353. The van der Waals surface area contributed by atoms with E-state index in [1.165, 1.54) is 28.7 Å². The van der Waals surface area contributed by atoms with Crippen LogP contribution in [0.1, 0.15) is 71.0 Å². The van der Waals surface area contributed by atoms with Crippen molar-refractivity contribution < 1.29 is 16.8 Å². The van der Waals surface area contributed by atoms with E-state index in [1.807, 2.05) is 12.1 Å². The summed E-state index contributed by atoms with van der Waals surface area (Å²) in [6.07, 6.45) is 8.29. The summed E-state index contributed by atoms with van der Waals surface area (Å²) in [5.74, 6) is 0. The Morgan fingerprint density at radius 2 is 1.16 bits per heavy atom. The van der Waals surface area contributed by atoms with Crippen LogP contribution in [0.3, 0.4) is 0 Å². The van der Waals surface area contributed by atoms with E-state index in [0.29, 0.717) is 27.2 Å². The van der Waals surface area contributed by atoms with E-state index in [9.17, 15) is 32.6 Å². The predicted molar refractivity (Wildman–Crippen MR) is 191 cm³/mol. The highest BCUT2D eigenvalue weighted by molar-refractivity contribution is 7.97. The number of nitrogens with zero attached hydrogens (tertiary/aromatic N) is 3. The lowest BCUT2D eigenvalue weighted by Gasteiger charge is -2.34. The van der Waals surface area contributed by atoms with Gasteiger partial charge in [0, 0.05) is 52.8 Å². The first-order valence-corrected chi connectivity index (χ1v) is 20.2. The number of benzene rings is 2. The summed E-state index contributed by atoms with van der Waals surface area (Å²) < 4.78 is 55.2. The van der Waals surface area contributed by atoms with Crippen molar-refractivity contribution in [1.82, 2.24) is 0 Å². The third-order valence-corrected chi connectivity index (χ3v) is 16.0. The van der Waals surface area contributed by atoms with Crippen LogP contribution in [0.25, 0.3) is 33.1 Å². The molecule has 0 radical (unpaired) electrons. The Hall–Kier alpha value is -4.83. The Balaban J connectivity index is 1.30. The van der Waals surface area contributed by atoms with Gasteiger partial charge in [-0.1, -0.05) is 55.7 Å². The van der Waals surface area contributed by atoms with E-state index < -0.39 is 19.7 Å². The lowest BCUT2D eigenvalue weighted by Crippen LogP contribution is -2.27. The van der Waals surface area contributed by atoms with Crippen LogP contribution in [0.5, 0.6) is 0 Å². The zero-order chi connectivity index (χ0) is 34.3. The first-order valence-electron chi connectivity index (χ1n) is 15.6. The molecule has 2 aromatic carbocycles. The van der Waals surface area contributed by atoms with Gasteiger partial charge in [-0.05, 0) is 67.3 Å². The predicted octanol–water partition coefficient (Wildman–Crippen LogP) is 8.79. The molecule has 1 saturated carbocycles. The Bertz CT molecular complexity index is 2640. The molecule has 7 nitrogen and oxygen atoms in total. The SMILES string of the molecule is CC(C#N)=C1/C(=C/c2cc3c(s2)-c2sc(/C=C4/C(=C(C#N)C#N)c5ccccc5S4(=O)=O)cc2C32CCCCC2)S(=O)(=O)c2ccccc21. The zero-order valence-corrected chi connectivity index (χ0v) is 29.3. The van der Waals surface area contributed by atoms with Crippen molar-refractivity contribution in [2.75, 3.05) is 0 Å². The third-order valence-electron chi connectivity index (χ3n) is 9.97. The molecule has 0 atom stereocenters. The molecule has 0 amide bonds. The molecule has 2 aliphatic heterocycles. The highest BCUT2D eigenvalue weighted by Gasteiger charge is 2.47. The van der Waals surface area contributed by atoms with Gasteiger partial charge in [0.1, 0.15) is 17.7 Å². The number of allylic oxidation sites excluding steroid dienone is 4. The van der Waals surface area contributed by atoms with Crippen molar-refractivity contribution in [2.24, 2.45) is 0 Å². The average molecular weight is 716 g/mol. The van der Waals surface area contributed by atoms with E-state index in [-0.39, 0.29) is 36.2 Å². The monoisotopic (exact) mass is 715 g/mol. The lowest BCUT2D eigenvalue weighted by atomic mass is 9.68. The number of hydrogen-bond donors (Lipinski definition) is 0. The second kappa shape index (κ2) is 11.1. The fourth-order valence-electron chi connectivity index (χ4n) is 7.83. The fraction of sp³-hybridized carbons (Fsp3) is 0.184. The van der Waals surface area contributed by atoms with Crippen LogP contribution in [0.2, 0.25) is 0 Å². The molecule has 8 rings (SSSR count). The van der Waals surface area contributed by atoms with Crippen molar-refractivity contribution in [3.63, 3.8) is 0 Å². The summed E-state index contributed by atoms with van der Waals surface area (Å²) in [5, 5.41) is 29.4. The minimum atomic E-state index is -3.98. The van der Waals surface area contributed by atoms with E-state index in [2.05, 4.69) is 18.2 Å². The van der Waals surface area contributed by atoms with Crippen LogP contribution in [0.4, 0.5) is 0 Å². The van der Waals surface area contributed by atoms with Crippen LogP contribution in [-0.2, 0) is 25.1 Å². The van der Waals surface area contributed by atoms with Gasteiger partial charge in [0.15, 0.2) is 0 Å². The largest absolute Gasteiger partial charge is 0.218 e. The first-order chi connectivity index (χ1) is 23.6. The van der Waals surface area contributed by atoms with Crippen LogP contribution >= 0.6 is 22.7 Å². The third kappa shape index (κ3) is 4.39. The number of fused-ring (bicyclic) bond motifs is 7. The van der Waals surface area contributed by atoms with Crippen molar-refractivity contribution in [2.45, 2.75) is 54.2 Å². The van der Waals surface area contributed by atoms with Crippen molar-refractivity contribution in [3.05, 3.63) is 114 Å². The van der Waals surface area contributed by atoms with Crippen molar-refractivity contribution >= 4 is 65.6 Å². The zero-order valence-electron chi connectivity index (χ0n) is 26.1. The summed E-state index contributed by atoms with van der Waals surface area (Å²) in [7, 11) is -7.83. The minimum absolute atomic E-state index is 0.0561. The van der Waals surface area contributed by atoms with Crippen molar-refractivity contribution in [3.8, 4) is 28.0 Å². The molecule has 1 spiro atoms. The molecule has 4 aliphatic rings. The quantitative estimate of drug-likeness (QED) is 0.189. The molecule has 0 bridgehead atoms. The van der Waals surface area contributed by atoms with Gasteiger partial charge in [-0.25, -0.2) is 16.8 Å². The molecule has 4 heterocycles. The van der Waals surface area contributed by atoms with Crippen LogP contribution < -0.4 is 0 Å². The maximum Gasteiger partial charge on any atom is 0.207 e. The Morgan fingerprint density at radius 3 is 1.65 bits per heavy atom. The molecule has 0 N–H and O–H groups in total. The number of hydrogen-bond acceptors (Lipinski definition) is 9. The number of rotatable bonds is 2. The van der Waals surface area contributed by atoms with Gasteiger partial charge in [0.25, 0.3) is 0 Å². The molecule has 1 fully saturated rings. The molecule has 2 aromatic heterocycles. The fourth-order valence-corrected chi connectivity index (χ4v) is 14.0.